The smallest absolute Gasteiger partial charge is 0.266 e. The Labute approximate surface area is 156 Å². The Morgan fingerprint density at radius 1 is 1.44 bits per heavy atom. The van der Waals surface area contributed by atoms with Gasteiger partial charge in [-0.2, -0.15) is 0 Å². The van der Waals surface area contributed by atoms with Crippen molar-refractivity contribution in [3.05, 3.63) is 38.0 Å². The first-order chi connectivity index (χ1) is 11.8. The lowest BCUT2D eigenvalue weighted by atomic mass is 10.2. The molecule has 0 N–H and O–H groups in total. The van der Waals surface area contributed by atoms with Crippen LogP contribution in [0.5, 0.6) is 0 Å². The Kier molecular flexibility index (Phi) is 5.31. The van der Waals surface area contributed by atoms with E-state index in [1.165, 1.54) is 11.3 Å². The van der Waals surface area contributed by atoms with Crippen LogP contribution in [0.15, 0.2) is 17.5 Å². The van der Waals surface area contributed by atoms with Gasteiger partial charge in [0.05, 0.1) is 28.8 Å². The second-order valence-electron chi connectivity index (χ2n) is 6.69. The number of thiophene rings is 1. The van der Waals surface area contributed by atoms with Gasteiger partial charge in [-0.15, -0.1) is 22.7 Å². The molecule has 0 saturated carbocycles. The third kappa shape index (κ3) is 4.12. The van der Waals surface area contributed by atoms with Crippen LogP contribution in [-0.2, 0) is 16.4 Å². The lowest BCUT2D eigenvalue weighted by Crippen LogP contribution is -2.40. The Morgan fingerprint density at radius 2 is 2.20 bits per heavy atom. The van der Waals surface area contributed by atoms with Gasteiger partial charge in [-0.3, -0.25) is 4.79 Å². The highest BCUT2D eigenvalue weighted by Crippen LogP contribution is 2.29. The summed E-state index contributed by atoms with van der Waals surface area (Å²) in [5, 5.41) is 2.91. The molecule has 0 spiro atoms. The molecule has 0 radical (unpaired) electrons. The predicted molar refractivity (Wildman–Crippen MR) is 102 cm³/mol. The Bertz CT molecular complexity index is 854. The summed E-state index contributed by atoms with van der Waals surface area (Å²) in [6.45, 7) is 6.41. The van der Waals surface area contributed by atoms with E-state index < -0.39 is 9.84 Å². The van der Waals surface area contributed by atoms with Crippen LogP contribution in [0.4, 0.5) is 0 Å². The van der Waals surface area contributed by atoms with Crippen LogP contribution < -0.4 is 0 Å². The van der Waals surface area contributed by atoms with E-state index in [1.54, 1.807) is 16.2 Å². The van der Waals surface area contributed by atoms with E-state index >= 15 is 0 Å². The van der Waals surface area contributed by atoms with E-state index in [0.717, 1.165) is 15.6 Å². The molecule has 3 heterocycles. The van der Waals surface area contributed by atoms with Gasteiger partial charge in [0.15, 0.2) is 9.84 Å². The van der Waals surface area contributed by atoms with Gasteiger partial charge in [-0.1, -0.05) is 19.9 Å². The molecule has 1 amide bonds. The largest absolute Gasteiger partial charge is 0.329 e. The summed E-state index contributed by atoms with van der Waals surface area (Å²) in [4.78, 5) is 21.2. The molecular weight excluding hydrogens is 376 g/mol. The lowest BCUT2D eigenvalue weighted by molar-refractivity contribution is 0.0687. The van der Waals surface area contributed by atoms with E-state index in [9.17, 15) is 13.2 Å². The van der Waals surface area contributed by atoms with Crippen LogP contribution in [-0.4, -0.2) is 41.8 Å². The molecule has 3 rings (SSSR count). The molecule has 0 aliphatic carbocycles. The van der Waals surface area contributed by atoms with Gasteiger partial charge in [0.2, 0.25) is 0 Å². The fourth-order valence-electron chi connectivity index (χ4n) is 2.95. The van der Waals surface area contributed by atoms with Crippen molar-refractivity contribution >= 4 is 38.4 Å². The van der Waals surface area contributed by atoms with Gasteiger partial charge in [0.1, 0.15) is 4.88 Å². The Hall–Kier alpha value is -1.25. The number of hydrogen-bond acceptors (Lipinski definition) is 6. The molecule has 0 aromatic carbocycles. The number of carbonyl (C=O) groups is 1. The quantitative estimate of drug-likeness (QED) is 0.773. The van der Waals surface area contributed by atoms with Crippen molar-refractivity contribution in [1.29, 1.82) is 0 Å². The fraction of sp³-hybridized carbons (Fsp3) is 0.529. The SMILES string of the molecule is Cc1nc(C(C)C)sc1C(=O)N(Cc1cccs1)C1CCS(=O)(=O)C1. The molecule has 8 heteroatoms. The first-order valence-electron chi connectivity index (χ1n) is 8.28. The summed E-state index contributed by atoms with van der Waals surface area (Å²) in [6, 6.07) is 3.67. The number of amides is 1. The average molecular weight is 399 g/mol. The second-order valence-corrected chi connectivity index (χ2v) is 11.0. The number of rotatable bonds is 5. The normalized spacial score (nSPS) is 19.4. The molecule has 25 heavy (non-hydrogen) atoms. The monoisotopic (exact) mass is 398 g/mol. The predicted octanol–water partition coefficient (Wildman–Crippen LogP) is 3.47. The van der Waals surface area contributed by atoms with Crippen molar-refractivity contribution in [3.63, 3.8) is 0 Å². The van der Waals surface area contributed by atoms with E-state index in [4.69, 9.17) is 0 Å². The highest BCUT2D eigenvalue weighted by molar-refractivity contribution is 7.91. The zero-order valence-corrected chi connectivity index (χ0v) is 17.0. The summed E-state index contributed by atoms with van der Waals surface area (Å²) in [5.41, 5.74) is 0.732. The number of nitrogens with zero attached hydrogens (tertiary/aromatic N) is 2. The van der Waals surface area contributed by atoms with Crippen molar-refractivity contribution in [1.82, 2.24) is 9.88 Å². The van der Waals surface area contributed by atoms with Crippen LogP contribution in [0.2, 0.25) is 0 Å². The molecule has 2 aromatic rings. The molecule has 5 nitrogen and oxygen atoms in total. The molecule has 1 atom stereocenters. The summed E-state index contributed by atoms with van der Waals surface area (Å²) in [5.74, 6) is 0.379. The number of carbonyl (C=O) groups excluding carboxylic acids is 1. The van der Waals surface area contributed by atoms with Crippen molar-refractivity contribution in [3.8, 4) is 0 Å². The molecule has 1 aliphatic rings. The summed E-state index contributed by atoms with van der Waals surface area (Å²) < 4.78 is 23.8. The van der Waals surface area contributed by atoms with Gasteiger partial charge in [0.25, 0.3) is 5.91 Å². The van der Waals surface area contributed by atoms with E-state index in [2.05, 4.69) is 18.8 Å². The van der Waals surface area contributed by atoms with Crippen LogP contribution in [0.1, 0.15) is 51.4 Å². The van der Waals surface area contributed by atoms with Gasteiger partial charge in [-0.05, 0) is 24.8 Å². The fourth-order valence-corrected chi connectivity index (χ4v) is 6.41. The number of aromatic nitrogens is 1. The molecule has 1 saturated heterocycles. The molecule has 1 aliphatic heterocycles. The van der Waals surface area contributed by atoms with Crippen LogP contribution in [0, 0.1) is 6.92 Å². The molecule has 136 valence electrons. The molecule has 2 aromatic heterocycles. The number of aryl methyl sites for hydroxylation is 1. The minimum atomic E-state index is -3.06. The summed E-state index contributed by atoms with van der Waals surface area (Å²) in [6.07, 6.45) is 0.508. The van der Waals surface area contributed by atoms with Crippen molar-refractivity contribution in [2.75, 3.05) is 11.5 Å². The first-order valence-corrected chi connectivity index (χ1v) is 11.8. The zero-order chi connectivity index (χ0) is 18.2. The molecular formula is C17H22N2O3S3. The molecule has 1 fully saturated rings. The number of sulfone groups is 1. The van der Waals surface area contributed by atoms with Gasteiger partial charge in [-0.25, -0.2) is 13.4 Å². The highest BCUT2D eigenvalue weighted by atomic mass is 32.2. The maximum Gasteiger partial charge on any atom is 0.266 e. The van der Waals surface area contributed by atoms with Crippen molar-refractivity contribution in [2.45, 2.75) is 45.7 Å². The maximum absolute atomic E-state index is 13.2. The minimum absolute atomic E-state index is 0.0546. The first kappa shape index (κ1) is 18.5. The Morgan fingerprint density at radius 3 is 2.72 bits per heavy atom. The van der Waals surface area contributed by atoms with Crippen molar-refractivity contribution < 1.29 is 13.2 Å². The number of thiazole rings is 1. The second kappa shape index (κ2) is 7.17. The van der Waals surface area contributed by atoms with Gasteiger partial charge in [0, 0.05) is 16.8 Å². The maximum atomic E-state index is 13.2. The van der Waals surface area contributed by atoms with E-state index in [-0.39, 0.29) is 29.4 Å². The molecule has 0 bridgehead atoms. The third-order valence-electron chi connectivity index (χ3n) is 4.32. The summed E-state index contributed by atoms with van der Waals surface area (Å²) in [7, 11) is -3.06. The highest BCUT2D eigenvalue weighted by Gasteiger charge is 2.36. The topological polar surface area (TPSA) is 67.3 Å². The zero-order valence-electron chi connectivity index (χ0n) is 14.6. The van der Waals surface area contributed by atoms with Gasteiger partial charge >= 0.3 is 0 Å². The number of hydrogen-bond donors (Lipinski definition) is 0. The van der Waals surface area contributed by atoms with Gasteiger partial charge < -0.3 is 4.90 Å². The van der Waals surface area contributed by atoms with Crippen molar-refractivity contribution in [2.24, 2.45) is 0 Å². The van der Waals surface area contributed by atoms with E-state index in [0.29, 0.717) is 17.8 Å². The van der Waals surface area contributed by atoms with Crippen LogP contribution >= 0.6 is 22.7 Å². The summed E-state index contributed by atoms with van der Waals surface area (Å²) >= 11 is 3.01. The van der Waals surface area contributed by atoms with Crippen LogP contribution in [0.3, 0.4) is 0 Å². The third-order valence-corrected chi connectivity index (χ3v) is 8.38. The lowest BCUT2D eigenvalue weighted by Gasteiger charge is -2.27. The van der Waals surface area contributed by atoms with E-state index in [1.807, 2.05) is 24.4 Å². The van der Waals surface area contributed by atoms with Crippen LogP contribution in [0.25, 0.3) is 0 Å². The molecule has 1 unspecified atom stereocenters. The average Bonchev–Trinajstić information content (AvgIpc) is 3.24. The Balaban J connectivity index is 1.92. The minimum Gasteiger partial charge on any atom is -0.329 e. The standard InChI is InChI=1S/C17H22N2O3S3/c1-11(2)16-18-12(3)15(24-16)17(20)19(9-14-5-4-7-23-14)13-6-8-25(21,22)10-13/h4-5,7,11,13H,6,8-10H2,1-3H3.